The summed E-state index contributed by atoms with van der Waals surface area (Å²) in [7, 11) is -3.18. The quantitative estimate of drug-likeness (QED) is 0.770. The second-order valence-electron chi connectivity index (χ2n) is 6.45. The lowest BCUT2D eigenvalue weighted by molar-refractivity contribution is 0.260. The molecule has 0 spiro atoms. The molecule has 0 radical (unpaired) electrons. The Hall–Kier alpha value is -0.130. The highest BCUT2D eigenvalue weighted by atomic mass is 32.2. The van der Waals surface area contributed by atoms with Crippen LogP contribution in [0.4, 0.5) is 0 Å². The van der Waals surface area contributed by atoms with Gasteiger partial charge >= 0.3 is 0 Å². The Kier molecular flexibility index (Phi) is 3.30. The third-order valence-corrected chi connectivity index (χ3v) is 6.76. The van der Waals surface area contributed by atoms with Crippen molar-refractivity contribution in [2.75, 3.05) is 13.1 Å². The van der Waals surface area contributed by atoms with Crippen LogP contribution in [0.25, 0.3) is 0 Å². The van der Waals surface area contributed by atoms with Crippen LogP contribution in [-0.2, 0) is 10.0 Å². The van der Waals surface area contributed by atoms with E-state index in [0.717, 1.165) is 19.3 Å². The molecule has 0 bridgehead atoms. The van der Waals surface area contributed by atoms with Gasteiger partial charge in [0.25, 0.3) is 0 Å². The lowest BCUT2D eigenvalue weighted by Gasteiger charge is -2.29. The average Bonchev–Trinajstić information content (AvgIpc) is 2.61. The van der Waals surface area contributed by atoms with Crippen molar-refractivity contribution in [3.8, 4) is 0 Å². The van der Waals surface area contributed by atoms with E-state index in [0.29, 0.717) is 24.9 Å². The van der Waals surface area contributed by atoms with Gasteiger partial charge in [0, 0.05) is 19.1 Å². The topological polar surface area (TPSA) is 63.4 Å². The lowest BCUT2D eigenvalue weighted by atomic mass is 9.78. The molecule has 2 N–H and O–H groups in total. The minimum atomic E-state index is -3.18. The van der Waals surface area contributed by atoms with Gasteiger partial charge in [-0.05, 0) is 45.4 Å². The van der Waals surface area contributed by atoms with Crippen LogP contribution in [0.15, 0.2) is 0 Å². The molecule has 1 aliphatic carbocycles. The summed E-state index contributed by atoms with van der Waals surface area (Å²) in [4.78, 5) is 0. The first-order valence-corrected chi connectivity index (χ1v) is 7.93. The van der Waals surface area contributed by atoms with E-state index < -0.39 is 14.8 Å². The van der Waals surface area contributed by atoms with Crippen molar-refractivity contribution in [1.29, 1.82) is 0 Å². The normalized spacial score (nSPS) is 35.9. The maximum Gasteiger partial charge on any atom is 0.219 e. The van der Waals surface area contributed by atoms with Crippen molar-refractivity contribution in [1.82, 2.24) is 4.31 Å². The number of nitrogens with zero attached hydrogens (tertiary/aromatic N) is 1. The fourth-order valence-electron chi connectivity index (χ4n) is 3.06. The number of nitrogens with two attached hydrogens (primary N) is 1. The SMILES string of the molecule is CC(C)(C)S(=O)(=O)N1CC2CCCC(N)C2C1. The van der Waals surface area contributed by atoms with E-state index in [1.165, 1.54) is 0 Å². The Morgan fingerprint density at radius 1 is 1.18 bits per heavy atom. The standard InChI is InChI=1S/C12H24N2O2S/c1-12(2,3)17(15,16)14-7-9-5-4-6-11(13)10(9)8-14/h9-11H,4-8,13H2,1-3H3. The van der Waals surface area contributed by atoms with E-state index in [1.807, 2.05) is 0 Å². The monoisotopic (exact) mass is 260 g/mol. The Balaban J connectivity index is 2.17. The van der Waals surface area contributed by atoms with Gasteiger partial charge in [-0.25, -0.2) is 12.7 Å². The fourth-order valence-corrected chi connectivity index (χ4v) is 4.59. The molecule has 1 saturated carbocycles. The van der Waals surface area contributed by atoms with Gasteiger partial charge in [0.05, 0.1) is 4.75 Å². The molecule has 3 unspecified atom stereocenters. The predicted octanol–water partition coefficient (Wildman–Crippen LogP) is 1.17. The van der Waals surface area contributed by atoms with Crippen molar-refractivity contribution in [2.45, 2.75) is 50.8 Å². The second kappa shape index (κ2) is 4.21. The van der Waals surface area contributed by atoms with Crippen molar-refractivity contribution in [3.05, 3.63) is 0 Å². The smallest absolute Gasteiger partial charge is 0.219 e. The Bertz CT molecular complexity index is 386. The molecule has 2 aliphatic rings. The molecule has 2 rings (SSSR count). The molecule has 1 saturated heterocycles. The zero-order valence-electron chi connectivity index (χ0n) is 11.0. The highest BCUT2D eigenvalue weighted by Gasteiger charge is 2.46. The first-order valence-electron chi connectivity index (χ1n) is 6.49. The van der Waals surface area contributed by atoms with Crippen LogP contribution in [0.5, 0.6) is 0 Å². The van der Waals surface area contributed by atoms with Gasteiger partial charge in [0.2, 0.25) is 10.0 Å². The number of hydrogen-bond acceptors (Lipinski definition) is 3. The van der Waals surface area contributed by atoms with Gasteiger partial charge in [-0.2, -0.15) is 0 Å². The van der Waals surface area contributed by atoms with Crippen LogP contribution in [0, 0.1) is 11.8 Å². The first-order chi connectivity index (χ1) is 7.73. The third-order valence-electron chi connectivity index (χ3n) is 4.23. The largest absolute Gasteiger partial charge is 0.327 e. The summed E-state index contributed by atoms with van der Waals surface area (Å²) in [6.07, 6.45) is 3.32. The number of sulfonamides is 1. The number of fused-ring (bicyclic) bond motifs is 1. The molecule has 5 heteroatoms. The van der Waals surface area contributed by atoms with Crippen LogP contribution < -0.4 is 5.73 Å². The van der Waals surface area contributed by atoms with Gasteiger partial charge in [0.1, 0.15) is 0 Å². The van der Waals surface area contributed by atoms with E-state index in [-0.39, 0.29) is 6.04 Å². The van der Waals surface area contributed by atoms with Gasteiger partial charge < -0.3 is 5.73 Å². The molecule has 17 heavy (non-hydrogen) atoms. The van der Waals surface area contributed by atoms with Crippen LogP contribution in [0.1, 0.15) is 40.0 Å². The van der Waals surface area contributed by atoms with Crippen molar-refractivity contribution in [3.63, 3.8) is 0 Å². The first kappa shape index (κ1) is 13.3. The highest BCUT2D eigenvalue weighted by Crippen LogP contribution is 2.38. The Morgan fingerprint density at radius 3 is 2.35 bits per heavy atom. The average molecular weight is 260 g/mol. The molecular formula is C12H24N2O2S. The molecule has 0 amide bonds. The van der Waals surface area contributed by atoms with Crippen molar-refractivity contribution < 1.29 is 8.42 Å². The maximum atomic E-state index is 12.4. The number of hydrogen-bond donors (Lipinski definition) is 1. The summed E-state index contributed by atoms with van der Waals surface area (Å²) in [6, 6.07) is 0.189. The van der Waals surface area contributed by atoms with Crippen molar-refractivity contribution in [2.24, 2.45) is 17.6 Å². The lowest BCUT2D eigenvalue weighted by Crippen LogP contribution is -2.42. The van der Waals surface area contributed by atoms with Gasteiger partial charge in [-0.1, -0.05) is 6.42 Å². The summed E-state index contributed by atoms with van der Waals surface area (Å²) >= 11 is 0. The van der Waals surface area contributed by atoms with Crippen molar-refractivity contribution >= 4 is 10.0 Å². The van der Waals surface area contributed by atoms with Gasteiger partial charge in [-0.15, -0.1) is 0 Å². The molecule has 2 fully saturated rings. The van der Waals surface area contributed by atoms with E-state index in [9.17, 15) is 8.42 Å². The molecule has 4 nitrogen and oxygen atoms in total. The van der Waals surface area contributed by atoms with Crippen LogP contribution >= 0.6 is 0 Å². The molecule has 1 heterocycles. The van der Waals surface area contributed by atoms with Crippen LogP contribution in [0.2, 0.25) is 0 Å². The molecule has 0 aromatic carbocycles. The highest BCUT2D eigenvalue weighted by molar-refractivity contribution is 7.90. The Labute approximate surface area is 105 Å². The number of rotatable bonds is 1. The summed E-state index contributed by atoms with van der Waals surface area (Å²) in [5.41, 5.74) is 6.11. The second-order valence-corrected chi connectivity index (χ2v) is 9.14. The van der Waals surface area contributed by atoms with E-state index >= 15 is 0 Å². The summed E-state index contributed by atoms with van der Waals surface area (Å²) < 4.78 is 25.7. The van der Waals surface area contributed by atoms with Gasteiger partial charge in [-0.3, -0.25) is 0 Å². The molecular weight excluding hydrogens is 236 g/mol. The summed E-state index contributed by atoms with van der Waals surface area (Å²) in [5, 5.41) is 0. The predicted molar refractivity (Wildman–Crippen MR) is 69.1 cm³/mol. The Morgan fingerprint density at radius 2 is 1.82 bits per heavy atom. The zero-order chi connectivity index (χ0) is 12.8. The molecule has 0 aromatic rings. The van der Waals surface area contributed by atoms with E-state index in [2.05, 4.69) is 0 Å². The minimum Gasteiger partial charge on any atom is -0.327 e. The van der Waals surface area contributed by atoms with E-state index in [1.54, 1.807) is 25.1 Å². The fraction of sp³-hybridized carbons (Fsp3) is 1.00. The maximum absolute atomic E-state index is 12.4. The summed E-state index contributed by atoms with van der Waals surface area (Å²) in [5.74, 6) is 0.858. The molecule has 100 valence electrons. The molecule has 3 atom stereocenters. The van der Waals surface area contributed by atoms with E-state index in [4.69, 9.17) is 5.73 Å². The molecule has 1 aliphatic heterocycles. The molecule has 0 aromatic heterocycles. The van der Waals surface area contributed by atoms with Crippen LogP contribution in [-0.4, -0.2) is 36.6 Å². The third kappa shape index (κ3) is 2.25. The van der Waals surface area contributed by atoms with Crippen LogP contribution in [0.3, 0.4) is 0 Å². The van der Waals surface area contributed by atoms with Gasteiger partial charge in [0.15, 0.2) is 0 Å². The minimum absolute atomic E-state index is 0.189. The zero-order valence-corrected chi connectivity index (χ0v) is 11.8. The summed E-state index contributed by atoms with van der Waals surface area (Å²) in [6.45, 7) is 6.61.